The highest BCUT2D eigenvalue weighted by atomic mass is 16.1. The third kappa shape index (κ3) is 2.68. The number of carbonyl (C=O) groups excluding carboxylic acids is 1. The molecule has 4 nitrogen and oxygen atoms in total. The number of nitriles is 1. The van der Waals surface area contributed by atoms with Crippen LogP contribution in [0.25, 0.3) is 0 Å². The predicted molar refractivity (Wildman–Crippen MR) is 91.6 cm³/mol. The lowest BCUT2D eigenvalue weighted by atomic mass is 9.72. The SMILES string of the molecule is CC1=NC2=C(C(=O)CCC2)[C@H](c2ccc(N(C)C)cc2)C1C#N. The number of Topliss-reactive ketones (excluding diaryl/α,β-unsaturated/α-hetero) is 1. The van der Waals surface area contributed by atoms with E-state index in [0.29, 0.717) is 6.42 Å². The van der Waals surface area contributed by atoms with Crippen molar-refractivity contribution in [3.05, 3.63) is 41.1 Å². The monoisotopic (exact) mass is 307 g/mol. The van der Waals surface area contributed by atoms with Crippen LogP contribution in [0.15, 0.2) is 40.5 Å². The maximum Gasteiger partial charge on any atom is 0.161 e. The van der Waals surface area contributed by atoms with Crippen molar-refractivity contribution in [2.45, 2.75) is 32.1 Å². The molecule has 3 rings (SSSR count). The molecule has 1 unspecified atom stereocenters. The van der Waals surface area contributed by atoms with Gasteiger partial charge in [-0.1, -0.05) is 12.1 Å². The van der Waals surface area contributed by atoms with E-state index in [1.54, 1.807) is 0 Å². The van der Waals surface area contributed by atoms with Gasteiger partial charge in [-0.2, -0.15) is 5.26 Å². The minimum Gasteiger partial charge on any atom is -0.378 e. The van der Waals surface area contributed by atoms with Crippen LogP contribution in [-0.4, -0.2) is 25.6 Å². The van der Waals surface area contributed by atoms with E-state index in [1.807, 2.05) is 50.2 Å². The number of allylic oxidation sites excluding steroid dienone is 2. The number of aliphatic imine (C=N–C) groups is 1. The maximum atomic E-state index is 12.5. The van der Waals surface area contributed by atoms with E-state index < -0.39 is 0 Å². The zero-order chi connectivity index (χ0) is 16.6. The van der Waals surface area contributed by atoms with Crippen LogP contribution in [-0.2, 0) is 4.79 Å². The molecule has 0 bridgehead atoms. The summed E-state index contributed by atoms with van der Waals surface area (Å²) < 4.78 is 0. The number of ketones is 1. The van der Waals surface area contributed by atoms with Crippen LogP contribution in [0, 0.1) is 17.2 Å². The minimum absolute atomic E-state index is 0.157. The third-order valence-electron chi connectivity index (χ3n) is 4.74. The predicted octanol–water partition coefficient (Wildman–Crippen LogP) is 3.46. The van der Waals surface area contributed by atoms with Gasteiger partial charge in [0.05, 0.1) is 12.0 Å². The molecular formula is C19H21N3O. The Kier molecular flexibility index (Phi) is 4.04. The van der Waals surface area contributed by atoms with Gasteiger partial charge in [0.15, 0.2) is 5.78 Å². The Labute approximate surface area is 137 Å². The van der Waals surface area contributed by atoms with E-state index >= 15 is 0 Å². The Morgan fingerprint density at radius 3 is 2.52 bits per heavy atom. The lowest BCUT2D eigenvalue weighted by Crippen LogP contribution is -2.30. The van der Waals surface area contributed by atoms with Gasteiger partial charge in [0.25, 0.3) is 0 Å². The van der Waals surface area contributed by atoms with Crippen LogP contribution >= 0.6 is 0 Å². The number of nitrogens with zero attached hydrogens (tertiary/aromatic N) is 3. The average Bonchev–Trinajstić information content (AvgIpc) is 2.54. The first kappa shape index (κ1) is 15.5. The molecule has 1 aliphatic heterocycles. The highest BCUT2D eigenvalue weighted by Gasteiger charge is 2.38. The van der Waals surface area contributed by atoms with Gasteiger partial charge in [-0.3, -0.25) is 9.79 Å². The molecule has 0 saturated heterocycles. The zero-order valence-electron chi connectivity index (χ0n) is 13.8. The smallest absolute Gasteiger partial charge is 0.161 e. The molecule has 0 aromatic heterocycles. The number of hydrogen-bond donors (Lipinski definition) is 0. The molecule has 23 heavy (non-hydrogen) atoms. The summed E-state index contributed by atoms with van der Waals surface area (Å²) in [5, 5.41) is 9.64. The zero-order valence-corrected chi connectivity index (χ0v) is 13.8. The van der Waals surface area contributed by atoms with E-state index in [-0.39, 0.29) is 17.6 Å². The highest BCUT2D eigenvalue weighted by Crippen LogP contribution is 2.43. The molecule has 0 saturated carbocycles. The molecular weight excluding hydrogens is 286 g/mol. The molecule has 0 radical (unpaired) electrons. The molecule has 2 aliphatic rings. The Morgan fingerprint density at radius 2 is 1.91 bits per heavy atom. The Hall–Kier alpha value is -2.41. The van der Waals surface area contributed by atoms with Crippen molar-refractivity contribution < 1.29 is 4.79 Å². The van der Waals surface area contributed by atoms with Gasteiger partial charge >= 0.3 is 0 Å². The van der Waals surface area contributed by atoms with Crippen LogP contribution in [0.2, 0.25) is 0 Å². The van der Waals surface area contributed by atoms with E-state index in [1.165, 1.54) is 0 Å². The van der Waals surface area contributed by atoms with E-state index in [2.05, 4.69) is 11.1 Å². The van der Waals surface area contributed by atoms with E-state index in [0.717, 1.165) is 41.1 Å². The second-order valence-electron chi connectivity index (χ2n) is 6.46. The maximum absolute atomic E-state index is 12.5. The van der Waals surface area contributed by atoms with Crippen molar-refractivity contribution >= 4 is 17.2 Å². The first-order chi connectivity index (χ1) is 11.0. The molecule has 0 spiro atoms. The molecule has 2 atom stereocenters. The normalized spacial score (nSPS) is 23.9. The highest BCUT2D eigenvalue weighted by molar-refractivity contribution is 6.02. The van der Waals surface area contributed by atoms with Crippen LogP contribution in [0.5, 0.6) is 0 Å². The molecule has 118 valence electrons. The van der Waals surface area contributed by atoms with Gasteiger partial charge in [-0.05, 0) is 37.5 Å². The summed E-state index contributed by atoms with van der Waals surface area (Å²) in [4.78, 5) is 19.1. The first-order valence-electron chi connectivity index (χ1n) is 8.01. The lowest BCUT2D eigenvalue weighted by molar-refractivity contribution is -0.116. The molecule has 0 N–H and O–H groups in total. The number of carbonyl (C=O) groups is 1. The van der Waals surface area contributed by atoms with Crippen molar-refractivity contribution in [1.29, 1.82) is 5.26 Å². The summed E-state index contributed by atoms with van der Waals surface area (Å²) in [5.74, 6) is -0.387. The van der Waals surface area contributed by atoms with Gasteiger partial charge in [0.1, 0.15) is 0 Å². The Bertz CT molecular complexity index is 735. The quantitative estimate of drug-likeness (QED) is 0.840. The second-order valence-corrected chi connectivity index (χ2v) is 6.46. The summed E-state index contributed by atoms with van der Waals surface area (Å²) in [6.45, 7) is 1.90. The molecule has 0 fully saturated rings. The second kappa shape index (κ2) is 6.00. The minimum atomic E-state index is -0.360. The molecule has 1 aromatic rings. The first-order valence-corrected chi connectivity index (χ1v) is 8.01. The van der Waals surface area contributed by atoms with E-state index in [4.69, 9.17) is 0 Å². The molecule has 1 aromatic carbocycles. The summed E-state index contributed by atoms with van der Waals surface area (Å²) in [6, 6.07) is 10.5. The summed E-state index contributed by atoms with van der Waals surface area (Å²) in [5.41, 5.74) is 4.62. The van der Waals surface area contributed by atoms with E-state index in [9.17, 15) is 10.1 Å². The summed E-state index contributed by atoms with van der Waals surface area (Å²) in [6.07, 6.45) is 2.26. The molecule has 4 heteroatoms. The lowest BCUT2D eigenvalue weighted by Gasteiger charge is -2.32. The fraction of sp³-hybridized carbons (Fsp3) is 0.421. The van der Waals surface area contributed by atoms with Crippen molar-refractivity contribution in [3.63, 3.8) is 0 Å². The number of anilines is 1. The summed E-state index contributed by atoms with van der Waals surface area (Å²) >= 11 is 0. The average molecular weight is 307 g/mol. The number of hydrogen-bond acceptors (Lipinski definition) is 4. The molecule has 1 aliphatic carbocycles. The van der Waals surface area contributed by atoms with Crippen molar-refractivity contribution in [2.75, 3.05) is 19.0 Å². The van der Waals surface area contributed by atoms with Crippen LogP contribution in [0.3, 0.4) is 0 Å². The van der Waals surface area contributed by atoms with Gasteiger partial charge in [0, 0.05) is 49.1 Å². The molecule has 1 heterocycles. The molecule has 0 amide bonds. The van der Waals surface area contributed by atoms with Crippen molar-refractivity contribution in [1.82, 2.24) is 0 Å². The van der Waals surface area contributed by atoms with Gasteiger partial charge in [-0.25, -0.2) is 0 Å². The standard InChI is InChI=1S/C19H21N3O/c1-12-15(11-20)18(13-7-9-14(10-8-13)22(2)3)19-16(21-12)5-4-6-17(19)23/h7-10,15,18H,4-6H2,1-3H3/t15?,18-/m1/s1. The third-order valence-corrected chi connectivity index (χ3v) is 4.74. The fourth-order valence-electron chi connectivity index (χ4n) is 3.51. The largest absolute Gasteiger partial charge is 0.378 e. The van der Waals surface area contributed by atoms with Crippen molar-refractivity contribution in [2.24, 2.45) is 10.9 Å². The summed E-state index contributed by atoms with van der Waals surface area (Å²) in [7, 11) is 3.99. The fourth-order valence-corrected chi connectivity index (χ4v) is 3.51. The Balaban J connectivity index is 2.10. The number of benzene rings is 1. The van der Waals surface area contributed by atoms with Crippen LogP contribution in [0.4, 0.5) is 5.69 Å². The topological polar surface area (TPSA) is 56.5 Å². The van der Waals surface area contributed by atoms with Crippen molar-refractivity contribution in [3.8, 4) is 6.07 Å². The van der Waals surface area contributed by atoms with Crippen LogP contribution < -0.4 is 4.90 Å². The Morgan fingerprint density at radius 1 is 1.22 bits per heavy atom. The number of rotatable bonds is 2. The van der Waals surface area contributed by atoms with Crippen LogP contribution in [0.1, 0.15) is 37.7 Å². The van der Waals surface area contributed by atoms with Gasteiger partial charge < -0.3 is 4.90 Å². The van der Waals surface area contributed by atoms with Gasteiger partial charge in [0.2, 0.25) is 0 Å². The van der Waals surface area contributed by atoms with Gasteiger partial charge in [-0.15, -0.1) is 0 Å².